The summed E-state index contributed by atoms with van der Waals surface area (Å²) in [5.74, 6) is -0.752. The van der Waals surface area contributed by atoms with E-state index in [-0.39, 0.29) is 10.3 Å². The molecule has 0 saturated heterocycles. The molecule has 0 aromatic heterocycles. The van der Waals surface area contributed by atoms with E-state index in [9.17, 15) is 17.9 Å². The first-order valence-electron chi connectivity index (χ1n) is 6.40. The smallest absolute Gasteiger partial charge is 0.186 e. The minimum Gasteiger partial charge on any atom is -0.392 e. The standard InChI is InChI=1S/C14H19FO3S/c1-14(2)8-7-11(16)13(9-14)19(17,18)12-6-4-3-5-10(12)15/h3-6,11,13,16H,7-9H2,1-2H3. The topological polar surface area (TPSA) is 54.4 Å². The number of aliphatic hydroxyl groups is 1. The van der Waals surface area contributed by atoms with Gasteiger partial charge in [-0.2, -0.15) is 0 Å². The first-order chi connectivity index (χ1) is 8.74. The number of rotatable bonds is 2. The molecule has 2 rings (SSSR count). The van der Waals surface area contributed by atoms with Crippen LogP contribution in [0.4, 0.5) is 4.39 Å². The Kier molecular flexibility index (Phi) is 3.71. The Hall–Kier alpha value is -0.940. The van der Waals surface area contributed by atoms with Crippen molar-refractivity contribution in [1.82, 2.24) is 0 Å². The van der Waals surface area contributed by atoms with Crippen LogP contribution in [0.25, 0.3) is 0 Å². The fourth-order valence-corrected chi connectivity index (χ4v) is 4.82. The molecule has 2 atom stereocenters. The average molecular weight is 286 g/mol. The van der Waals surface area contributed by atoms with Crippen LogP contribution in [0.15, 0.2) is 29.2 Å². The predicted molar refractivity (Wildman–Crippen MR) is 71.0 cm³/mol. The molecule has 0 spiro atoms. The summed E-state index contributed by atoms with van der Waals surface area (Å²) >= 11 is 0. The summed E-state index contributed by atoms with van der Waals surface area (Å²) in [5.41, 5.74) is -0.151. The van der Waals surface area contributed by atoms with Gasteiger partial charge >= 0.3 is 0 Å². The summed E-state index contributed by atoms with van der Waals surface area (Å²) in [4.78, 5) is -0.309. The highest BCUT2D eigenvalue weighted by atomic mass is 32.2. The van der Waals surface area contributed by atoms with Gasteiger partial charge in [-0.15, -0.1) is 0 Å². The van der Waals surface area contributed by atoms with E-state index in [2.05, 4.69) is 0 Å². The number of sulfone groups is 1. The second-order valence-corrected chi connectivity index (χ2v) is 8.12. The van der Waals surface area contributed by atoms with Crippen LogP contribution in [0, 0.1) is 11.2 Å². The van der Waals surface area contributed by atoms with Crippen LogP contribution in [0.1, 0.15) is 33.1 Å². The summed E-state index contributed by atoms with van der Waals surface area (Å²) in [6.45, 7) is 3.95. The summed E-state index contributed by atoms with van der Waals surface area (Å²) < 4.78 is 38.7. The zero-order valence-electron chi connectivity index (χ0n) is 11.1. The lowest BCUT2D eigenvalue weighted by Crippen LogP contribution is -2.42. The molecule has 1 aliphatic carbocycles. The summed E-state index contributed by atoms with van der Waals surface area (Å²) in [6.07, 6.45) is 0.644. The van der Waals surface area contributed by atoms with E-state index < -0.39 is 27.0 Å². The second kappa shape index (κ2) is 4.87. The summed E-state index contributed by atoms with van der Waals surface area (Å²) in [7, 11) is -3.84. The third kappa shape index (κ3) is 2.82. The molecule has 2 unspecified atom stereocenters. The van der Waals surface area contributed by atoms with E-state index in [4.69, 9.17) is 0 Å². The molecule has 1 saturated carbocycles. The minimum absolute atomic E-state index is 0.151. The molecule has 5 heteroatoms. The van der Waals surface area contributed by atoms with Crippen molar-refractivity contribution in [3.8, 4) is 0 Å². The lowest BCUT2D eigenvalue weighted by atomic mass is 9.76. The van der Waals surface area contributed by atoms with Gasteiger partial charge in [-0.1, -0.05) is 26.0 Å². The van der Waals surface area contributed by atoms with Crippen molar-refractivity contribution in [1.29, 1.82) is 0 Å². The lowest BCUT2D eigenvalue weighted by molar-refractivity contribution is 0.0834. The van der Waals surface area contributed by atoms with Crippen LogP contribution in [0.5, 0.6) is 0 Å². The highest BCUT2D eigenvalue weighted by molar-refractivity contribution is 7.92. The summed E-state index contributed by atoms with van der Waals surface area (Å²) in [6, 6.07) is 5.35. The highest BCUT2D eigenvalue weighted by Gasteiger charge is 2.42. The van der Waals surface area contributed by atoms with Crippen LogP contribution in [-0.2, 0) is 9.84 Å². The molecule has 1 N–H and O–H groups in total. The molecule has 0 radical (unpaired) electrons. The molecular weight excluding hydrogens is 267 g/mol. The van der Waals surface area contributed by atoms with Gasteiger partial charge in [-0.05, 0) is 36.8 Å². The van der Waals surface area contributed by atoms with Gasteiger partial charge in [-0.3, -0.25) is 0 Å². The van der Waals surface area contributed by atoms with Gasteiger partial charge in [0.15, 0.2) is 9.84 Å². The Morgan fingerprint density at radius 3 is 2.58 bits per heavy atom. The van der Waals surface area contributed by atoms with E-state index in [1.54, 1.807) is 0 Å². The van der Waals surface area contributed by atoms with Crippen LogP contribution in [0.2, 0.25) is 0 Å². The first-order valence-corrected chi connectivity index (χ1v) is 7.95. The van der Waals surface area contributed by atoms with Crippen molar-refractivity contribution in [3.63, 3.8) is 0 Å². The van der Waals surface area contributed by atoms with E-state index in [1.807, 2.05) is 13.8 Å². The van der Waals surface area contributed by atoms with Crippen LogP contribution in [0.3, 0.4) is 0 Å². The monoisotopic (exact) mass is 286 g/mol. The number of hydrogen-bond donors (Lipinski definition) is 1. The Bertz CT molecular complexity index is 566. The maximum Gasteiger partial charge on any atom is 0.186 e. The average Bonchev–Trinajstić information content (AvgIpc) is 2.32. The molecule has 1 fully saturated rings. The Morgan fingerprint density at radius 2 is 1.95 bits per heavy atom. The molecule has 1 aromatic rings. The Labute approximate surface area is 113 Å². The van der Waals surface area contributed by atoms with Crippen molar-refractivity contribution >= 4 is 9.84 Å². The summed E-state index contributed by atoms with van der Waals surface area (Å²) in [5, 5.41) is 9.06. The van der Waals surface area contributed by atoms with Crippen molar-refractivity contribution in [3.05, 3.63) is 30.1 Å². The molecule has 0 amide bonds. The van der Waals surface area contributed by atoms with Crippen LogP contribution >= 0.6 is 0 Å². The van der Waals surface area contributed by atoms with E-state index in [1.165, 1.54) is 18.2 Å². The first kappa shape index (κ1) is 14.5. The SMILES string of the molecule is CC1(C)CCC(O)C(S(=O)(=O)c2ccccc2F)C1. The second-order valence-electron chi connectivity index (χ2n) is 5.99. The van der Waals surface area contributed by atoms with E-state index in [0.717, 1.165) is 12.5 Å². The Morgan fingerprint density at radius 1 is 1.32 bits per heavy atom. The van der Waals surface area contributed by atoms with Gasteiger partial charge in [0, 0.05) is 0 Å². The zero-order chi connectivity index (χ0) is 14.3. The normalized spacial score (nSPS) is 27.2. The van der Waals surface area contributed by atoms with Crippen molar-refractivity contribution in [2.75, 3.05) is 0 Å². The minimum atomic E-state index is -3.84. The van der Waals surface area contributed by atoms with Crippen LogP contribution in [-0.4, -0.2) is 24.9 Å². The van der Waals surface area contributed by atoms with Crippen molar-refractivity contribution in [2.24, 2.45) is 5.41 Å². The van der Waals surface area contributed by atoms with Gasteiger partial charge in [0.25, 0.3) is 0 Å². The van der Waals surface area contributed by atoms with Gasteiger partial charge in [-0.25, -0.2) is 12.8 Å². The highest BCUT2D eigenvalue weighted by Crippen LogP contribution is 2.40. The number of benzene rings is 1. The van der Waals surface area contributed by atoms with Crippen molar-refractivity contribution < 1.29 is 17.9 Å². The number of hydrogen-bond acceptors (Lipinski definition) is 3. The third-order valence-electron chi connectivity index (χ3n) is 3.84. The quantitative estimate of drug-likeness (QED) is 0.909. The Balaban J connectivity index is 2.42. The third-order valence-corrected chi connectivity index (χ3v) is 6.06. The van der Waals surface area contributed by atoms with Gasteiger partial charge in [0.05, 0.1) is 11.4 Å². The number of aliphatic hydroxyl groups excluding tert-OH is 1. The molecule has 1 aromatic carbocycles. The maximum absolute atomic E-state index is 13.7. The van der Waals surface area contributed by atoms with Gasteiger partial charge in [0.2, 0.25) is 0 Å². The van der Waals surface area contributed by atoms with Gasteiger partial charge in [0.1, 0.15) is 10.7 Å². The fourth-order valence-electron chi connectivity index (χ4n) is 2.66. The van der Waals surface area contributed by atoms with Crippen molar-refractivity contribution in [2.45, 2.75) is 49.4 Å². The largest absolute Gasteiger partial charge is 0.392 e. The molecule has 0 heterocycles. The molecule has 0 bridgehead atoms. The molecule has 0 aliphatic heterocycles. The molecule has 1 aliphatic rings. The molecule has 106 valence electrons. The molecule has 19 heavy (non-hydrogen) atoms. The maximum atomic E-state index is 13.7. The van der Waals surface area contributed by atoms with E-state index in [0.29, 0.717) is 12.8 Å². The predicted octanol–water partition coefficient (Wildman–Crippen LogP) is 2.54. The lowest BCUT2D eigenvalue weighted by Gasteiger charge is -2.38. The van der Waals surface area contributed by atoms with E-state index >= 15 is 0 Å². The molecule has 3 nitrogen and oxygen atoms in total. The fraction of sp³-hybridized carbons (Fsp3) is 0.571. The number of halogens is 1. The zero-order valence-corrected chi connectivity index (χ0v) is 12.0. The van der Waals surface area contributed by atoms with Crippen LogP contribution < -0.4 is 0 Å². The van der Waals surface area contributed by atoms with Gasteiger partial charge < -0.3 is 5.11 Å². The molecular formula is C14H19FO3S.